The fourth-order valence-corrected chi connectivity index (χ4v) is 2.27. The number of aliphatic hydroxyl groups is 2. The second-order valence-corrected chi connectivity index (χ2v) is 5.38. The number of nitrogens with zero attached hydrogens (tertiary/aromatic N) is 1. The van der Waals surface area contributed by atoms with Crippen molar-refractivity contribution in [3.05, 3.63) is 80.6 Å². The summed E-state index contributed by atoms with van der Waals surface area (Å²) in [4.78, 5) is 3.73. The van der Waals surface area contributed by atoms with Crippen molar-refractivity contribution >= 4 is 28.4 Å². The molecule has 0 aliphatic heterocycles. The van der Waals surface area contributed by atoms with E-state index in [1.807, 2.05) is 43.3 Å². The summed E-state index contributed by atoms with van der Waals surface area (Å²) >= 11 is 2.11. The lowest BCUT2D eigenvalue weighted by Gasteiger charge is -2.20. The Morgan fingerprint density at radius 2 is 2.00 bits per heavy atom. The van der Waals surface area contributed by atoms with Gasteiger partial charge in [0.1, 0.15) is 0 Å². The third kappa shape index (κ3) is 3.72. The number of halogens is 1. The maximum atomic E-state index is 9.91. The van der Waals surface area contributed by atoms with Crippen LogP contribution in [0.1, 0.15) is 16.7 Å². The highest BCUT2D eigenvalue weighted by atomic mass is 127. The normalized spacial score (nSPS) is 10.2. The van der Waals surface area contributed by atoms with Gasteiger partial charge < -0.3 is 15.4 Å². The molecule has 0 fully saturated rings. The first-order valence-corrected chi connectivity index (χ1v) is 7.04. The summed E-state index contributed by atoms with van der Waals surface area (Å²) in [5, 5.41) is 17.8. The predicted molar refractivity (Wildman–Crippen MR) is 86.6 cm³/mol. The quantitative estimate of drug-likeness (QED) is 0.205. The maximum Gasteiger partial charge on any atom is 0.249 e. The van der Waals surface area contributed by atoms with Crippen LogP contribution >= 0.6 is 22.6 Å². The lowest BCUT2D eigenvalue weighted by atomic mass is 10.1. The Bertz CT molecular complexity index is 616. The molecule has 0 atom stereocenters. The highest BCUT2D eigenvalue weighted by Gasteiger charge is 2.08. The van der Waals surface area contributed by atoms with Crippen LogP contribution in [0.3, 0.4) is 0 Å². The van der Waals surface area contributed by atoms with Crippen molar-refractivity contribution in [2.24, 2.45) is 0 Å². The number of nitrogens with one attached hydrogen (secondary N) is 1. The largest absolute Gasteiger partial charge is 0.476 e. The number of aliphatic hydroxyl groups excluding tert-OH is 1. The molecule has 2 aromatic carbocycles. The van der Waals surface area contributed by atoms with Crippen LogP contribution in [0.4, 0.5) is 0 Å². The Hall–Kier alpha value is -1.57. The SMILES string of the molecule is Cc1cccc(C(=N)[N-][OH+][C-](O)c2ccccc2I)c1. The molecule has 0 unspecified atom stereocenters. The predicted octanol–water partition coefficient (Wildman–Crippen LogP) is 4.13. The van der Waals surface area contributed by atoms with Gasteiger partial charge in [-0.15, -0.1) is 34.7 Å². The minimum absolute atomic E-state index is 0.0196. The number of hydroxylamine groups is 1. The molecule has 0 aliphatic carbocycles. The average Bonchev–Trinajstić information content (AvgIpc) is 2.45. The van der Waals surface area contributed by atoms with Crippen molar-refractivity contribution < 1.29 is 9.94 Å². The van der Waals surface area contributed by atoms with Crippen molar-refractivity contribution in [2.45, 2.75) is 6.92 Å². The van der Waals surface area contributed by atoms with E-state index in [1.54, 1.807) is 12.1 Å². The molecule has 0 amide bonds. The number of rotatable bonds is 4. The highest BCUT2D eigenvalue weighted by Crippen LogP contribution is 2.20. The van der Waals surface area contributed by atoms with Crippen molar-refractivity contribution in [3.8, 4) is 0 Å². The summed E-state index contributed by atoms with van der Waals surface area (Å²) in [5.41, 5.74) is 6.10. The molecule has 0 saturated heterocycles. The van der Waals surface area contributed by atoms with Crippen LogP contribution in [0.15, 0.2) is 48.5 Å². The van der Waals surface area contributed by atoms with Gasteiger partial charge >= 0.3 is 0 Å². The van der Waals surface area contributed by atoms with E-state index >= 15 is 0 Å². The van der Waals surface area contributed by atoms with E-state index < -0.39 is 0 Å². The first-order valence-electron chi connectivity index (χ1n) is 5.96. The van der Waals surface area contributed by atoms with Gasteiger partial charge in [-0.1, -0.05) is 45.0 Å². The van der Waals surface area contributed by atoms with Crippen LogP contribution in [0.5, 0.6) is 0 Å². The zero-order valence-corrected chi connectivity index (χ0v) is 13.0. The van der Waals surface area contributed by atoms with E-state index in [9.17, 15) is 5.11 Å². The molecule has 0 spiro atoms. The van der Waals surface area contributed by atoms with Crippen molar-refractivity contribution in [1.29, 1.82) is 5.41 Å². The van der Waals surface area contributed by atoms with Crippen LogP contribution in [-0.4, -0.2) is 15.8 Å². The van der Waals surface area contributed by atoms with Crippen molar-refractivity contribution in [1.82, 2.24) is 0 Å². The minimum Gasteiger partial charge on any atom is -0.476 e. The van der Waals surface area contributed by atoms with Gasteiger partial charge in [0.25, 0.3) is 0 Å². The van der Waals surface area contributed by atoms with Crippen LogP contribution in [0.25, 0.3) is 5.48 Å². The summed E-state index contributed by atoms with van der Waals surface area (Å²) in [6, 6.07) is 14.8. The molecule has 0 bridgehead atoms. The first kappa shape index (κ1) is 14.8. The number of amidine groups is 1. The monoisotopic (exact) mass is 381 g/mol. The van der Waals surface area contributed by atoms with Gasteiger partial charge in [0, 0.05) is 5.84 Å². The molecular formula is C15H14IN2O2-. The van der Waals surface area contributed by atoms with Gasteiger partial charge in [-0.05, 0) is 12.5 Å². The van der Waals surface area contributed by atoms with Gasteiger partial charge in [-0.25, -0.2) is 0 Å². The number of aryl methyl sites for hydroxylation is 1. The molecule has 0 heterocycles. The Balaban J connectivity index is 1.99. The Labute approximate surface area is 131 Å². The van der Waals surface area contributed by atoms with E-state index in [0.717, 1.165) is 9.13 Å². The molecule has 0 aliphatic rings. The van der Waals surface area contributed by atoms with Crippen LogP contribution in [0, 0.1) is 22.2 Å². The lowest BCUT2D eigenvalue weighted by Crippen LogP contribution is -2.11. The molecule has 0 aromatic heterocycles. The second-order valence-electron chi connectivity index (χ2n) is 4.22. The van der Waals surface area contributed by atoms with Gasteiger partial charge in [0.05, 0.1) is 0 Å². The molecule has 3 N–H and O–H groups in total. The highest BCUT2D eigenvalue weighted by molar-refractivity contribution is 14.1. The third-order valence-electron chi connectivity index (χ3n) is 2.65. The van der Waals surface area contributed by atoms with Crippen molar-refractivity contribution in [2.75, 3.05) is 0 Å². The molecule has 0 radical (unpaired) electrons. The van der Waals surface area contributed by atoms with Crippen LogP contribution < -0.4 is 0 Å². The minimum atomic E-state index is -0.188. The molecule has 2 aromatic rings. The van der Waals surface area contributed by atoms with Gasteiger partial charge in [0.15, 0.2) is 0 Å². The zero-order valence-electron chi connectivity index (χ0n) is 10.8. The molecule has 4 nitrogen and oxygen atoms in total. The fourth-order valence-electron chi connectivity index (χ4n) is 1.64. The van der Waals surface area contributed by atoms with Gasteiger partial charge in [0.2, 0.25) is 6.29 Å². The molecule has 0 saturated carbocycles. The Morgan fingerprint density at radius 3 is 2.70 bits per heavy atom. The molecule has 2 rings (SSSR count). The number of hydrogen-bond acceptors (Lipinski definition) is 2. The van der Waals surface area contributed by atoms with Crippen LogP contribution in [0.2, 0.25) is 0 Å². The molecule has 104 valence electrons. The Kier molecular flexibility index (Phi) is 4.99. The summed E-state index contributed by atoms with van der Waals surface area (Å²) in [7, 11) is 0. The van der Waals surface area contributed by atoms with Gasteiger partial charge in [-0.3, -0.25) is 0 Å². The lowest BCUT2D eigenvalue weighted by molar-refractivity contribution is -0.0422. The van der Waals surface area contributed by atoms with E-state index in [-0.39, 0.29) is 12.1 Å². The number of benzene rings is 2. The average molecular weight is 381 g/mol. The third-order valence-corrected chi connectivity index (χ3v) is 3.59. The fraction of sp³-hybridized carbons (Fsp3) is 0.0667. The smallest absolute Gasteiger partial charge is 0.249 e. The van der Waals surface area contributed by atoms with E-state index in [2.05, 4.69) is 32.9 Å². The topological polar surface area (TPSA) is 71.0 Å². The molecule has 20 heavy (non-hydrogen) atoms. The summed E-state index contributed by atoms with van der Waals surface area (Å²) in [6.07, 6.45) is -0.188. The first-order chi connectivity index (χ1) is 9.58. The van der Waals surface area contributed by atoms with E-state index in [4.69, 9.17) is 5.41 Å². The maximum absolute atomic E-state index is 9.91. The second kappa shape index (κ2) is 6.74. The van der Waals surface area contributed by atoms with E-state index in [1.165, 1.54) is 0 Å². The zero-order chi connectivity index (χ0) is 14.5. The summed E-state index contributed by atoms with van der Waals surface area (Å²) in [6.45, 7) is 1.95. The summed E-state index contributed by atoms with van der Waals surface area (Å²) in [5.74, 6) is 0.0196. The van der Waals surface area contributed by atoms with Crippen LogP contribution in [-0.2, 0) is 0 Å². The number of hydrogen-bond donors (Lipinski definition) is 2. The van der Waals surface area contributed by atoms with E-state index in [0.29, 0.717) is 11.1 Å². The molecular weight excluding hydrogens is 367 g/mol. The standard InChI is InChI=1S/C15H14IN2O2/c1-10-5-4-6-11(9-10)14(17)18-20-15(19)12-7-2-3-8-13(12)16/h2-9,19-20H,1H3,(H-,17,18)/q-1. The van der Waals surface area contributed by atoms with Gasteiger partial charge in [-0.2, -0.15) is 11.5 Å². The summed E-state index contributed by atoms with van der Waals surface area (Å²) < 4.78 is 0.878. The van der Waals surface area contributed by atoms with Crippen molar-refractivity contribution in [3.63, 3.8) is 0 Å². The molecule has 5 heteroatoms. The Morgan fingerprint density at radius 1 is 1.25 bits per heavy atom.